The summed E-state index contributed by atoms with van der Waals surface area (Å²) in [6.45, 7) is 1.79. The van der Waals surface area contributed by atoms with Crippen LogP contribution in [0.3, 0.4) is 0 Å². The van der Waals surface area contributed by atoms with Gasteiger partial charge in [-0.2, -0.15) is 0 Å². The lowest BCUT2D eigenvalue weighted by Crippen LogP contribution is -2.31. The quantitative estimate of drug-likeness (QED) is 0.650. The first-order chi connectivity index (χ1) is 11.5. The largest absolute Gasteiger partial charge is 0.374 e. The molecule has 1 aliphatic rings. The molecule has 0 spiro atoms. The normalized spacial score (nSPS) is 13.9. The molecule has 0 heterocycles. The first-order valence-electron chi connectivity index (χ1n) is 7.96. The highest BCUT2D eigenvalue weighted by Gasteiger charge is 2.16. The number of nitro benzene ring substituents is 1. The van der Waals surface area contributed by atoms with Gasteiger partial charge in [-0.15, -0.1) is 0 Å². The standard InChI is InChI=1S/C18H19N3O3/c1-12(19-16-6-5-13-3-2-4-14(13)11-16)18(22)20-15-7-9-17(10-8-15)21(23)24/h5-12,19H,2-4H2,1H3,(H,20,22)/t12-/m0/s1. The van der Waals surface area contributed by atoms with Crippen molar-refractivity contribution < 1.29 is 9.72 Å². The zero-order valence-corrected chi connectivity index (χ0v) is 13.4. The lowest BCUT2D eigenvalue weighted by molar-refractivity contribution is -0.384. The lowest BCUT2D eigenvalue weighted by atomic mass is 10.1. The van der Waals surface area contributed by atoms with Crippen molar-refractivity contribution in [3.63, 3.8) is 0 Å². The van der Waals surface area contributed by atoms with Gasteiger partial charge in [-0.3, -0.25) is 14.9 Å². The Morgan fingerprint density at radius 1 is 1.08 bits per heavy atom. The van der Waals surface area contributed by atoms with Gasteiger partial charge in [0.15, 0.2) is 0 Å². The van der Waals surface area contributed by atoms with Gasteiger partial charge in [0.25, 0.3) is 5.69 Å². The van der Waals surface area contributed by atoms with E-state index in [1.807, 2.05) is 6.07 Å². The molecule has 0 saturated heterocycles. The van der Waals surface area contributed by atoms with Crippen LogP contribution in [0.4, 0.5) is 17.1 Å². The molecule has 1 aliphatic carbocycles. The van der Waals surface area contributed by atoms with E-state index >= 15 is 0 Å². The van der Waals surface area contributed by atoms with Crippen molar-refractivity contribution in [2.45, 2.75) is 32.2 Å². The van der Waals surface area contributed by atoms with Gasteiger partial charge in [-0.25, -0.2) is 0 Å². The Balaban J connectivity index is 1.61. The molecular weight excluding hydrogens is 306 g/mol. The molecule has 2 aromatic carbocycles. The van der Waals surface area contributed by atoms with Crippen LogP contribution in [0.5, 0.6) is 0 Å². The number of hydrogen-bond acceptors (Lipinski definition) is 4. The van der Waals surface area contributed by atoms with E-state index in [2.05, 4.69) is 22.8 Å². The van der Waals surface area contributed by atoms with Crippen molar-refractivity contribution in [1.29, 1.82) is 0 Å². The highest BCUT2D eigenvalue weighted by molar-refractivity contribution is 5.96. The molecule has 24 heavy (non-hydrogen) atoms. The second-order valence-electron chi connectivity index (χ2n) is 6.00. The highest BCUT2D eigenvalue weighted by Crippen LogP contribution is 2.25. The van der Waals surface area contributed by atoms with Crippen molar-refractivity contribution >= 4 is 23.0 Å². The third-order valence-corrected chi connectivity index (χ3v) is 4.22. The molecule has 6 nitrogen and oxygen atoms in total. The van der Waals surface area contributed by atoms with Crippen molar-refractivity contribution in [3.8, 4) is 0 Å². The molecule has 0 radical (unpaired) electrons. The monoisotopic (exact) mass is 325 g/mol. The average Bonchev–Trinajstić information content (AvgIpc) is 3.03. The second kappa shape index (κ2) is 6.70. The number of carbonyl (C=O) groups is 1. The number of fused-ring (bicyclic) bond motifs is 1. The highest BCUT2D eigenvalue weighted by atomic mass is 16.6. The molecule has 0 fully saturated rings. The van der Waals surface area contributed by atoms with E-state index in [-0.39, 0.29) is 11.6 Å². The van der Waals surface area contributed by atoms with E-state index in [1.165, 1.54) is 41.8 Å². The van der Waals surface area contributed by atoms with Gasteiger partial charge in [0.1, 0.15) is 6.04 Å². The van der Waals surface area contributed by atoms with Gasteiger partial charge in [-0.1, -0.05) is 6.07 Å². The molecule has 3 rings (SSSR count). The molecule has 0 bridgehead atoms. The van der Waals surface area contributed by atoms with Crippen LogP contribution in [-0.2, 0) is 17.6 Å². The number of rotatable bonds is 5. The summed E-state index contributed by atoms with van der Waals surface area (Å²) in [5.74, 6) is -0.190. The van der Waals surface area contributed by atoms with Crippen molar-refractivity contribution in [1.82, 2.24) is 0 Å². The number of non-ortho nitro benzene ring substituents is 1. The third-order valence-electron chi connectivity index (χ3n) is 4.22. The van der Waals surface area contributed by atoms with Gasteiger partial charge < -0.3 is 10.6 Å². The number of aryl methyl sites for hydroxylation is 2. The number of nitrogens with one attached hydrogen (secondary N) is 2. The Morgan fingerprint density at radius 3 is 2.46 bits per heavy atom. The fourth-order valence-corrected chi connectivity index (χ4v) is 2.89. The minimum Gasteiger partial charge on any atom is -0.374 e. The van der Waals surface area contributed by atoms with Crippen LogP contribution < -0.4 is 10.6 Å². The van der Waals surface area contributed by atoms with Gasteiger partial charge in [-0.05, 0) is 61.6 Å². The van der Waals surface area contributed by atoms with E-state index < -0.39 is 11.0 Å². The third kappa shape index (κ3) is 3.53. The predicted molar refractivity (Wildman–Crippen MR) is 93.3 cm³/mol. The van der Waals surface area contributed by atoms with Crippen molar-refractivity contribution in [2.75, 3.05) is 10.6 Å². The first-order valence-corrected chi connectivity index (χ1v) is 7.96. The number of nitrogens with zero attached hydrogens (tertiary/aromatic N) is 1. The van der Waals surface area contributed by atoms with Gasteiger partial charge in [0.2, 0.25) is 5.91 Å². The number of amides is 1. The summed E-state index contributed by atoms with van der Waals surface area (Å²) in [7, 11) is 0. The summed E-state index contributed by atoms with van der Waals surface area (Å²) in [4.78, 5) is 22.4. The van der Waals surface area contributed by atoms with Crippen LogP contribution in [0.15, 0.2) is 42.5 Å². The molecule has 1 amide bonds. The second-order valence-corrected chi connectivity index (χ2v) is 6.00. The van der Waals surface area contributed by atoms with Crippen LogP contribution in [0.1, 0.15) is 24.5 Å². The summed E-state index contributed by atoms with van der Waals surface area (Å²) in [6, 6.07) is 11.6. The molecular formula is C18H19N3O3. The molecule has 0 unspecified atom stereocenters. The Kier molecular flexibility index (Phi) is 4.46. The predicted octanol–water partition coefficient (Wildman–Crippen LogP) is 3.52. The van der Waals surface area contributed by atoms with E-state index in [1.54, 1.807) is 6.92 Å². The fourth-order valence-electron chi connectivity index (χ4n) is 2.89. The number of carbonyl (C=O) groups excluding carboxylic acids is 1. The minimum atomic E-state index is -0.469. The zero-order valence-electron chi connectivity index (χ0n) is 13.4. The maximum Gasteiger partial charge on any atom is 0.269 e. The Hall–Kier alpha value is -2.89. The van der Waals surface area contributed by atoms with Gasteiger partial charge in [0.05, 0.1) is 4.92 Å². The molecule has 1 atom stereocenters. The van der Waals surface area contributed by atoms with E-state index in [9.17, 15) is 14.9 Å². The van der Waals surface area contributed by atoms with Crippen LogP contribution in [0.2, 0.25) is 0 Å². The average molecular weight is 325 g/mol. The lowest BCUT2D eigenvalue weighted by Gasteiger charge is -2.16. The molecule has 0 aliphatic heterocycles. The number of nitro groups is 1. The molecule has 0 saturated carbocycles. The number of benzene rings is 2. The van der Waals surface area contributed by atoms with Gasteiger partial charge in [0, 0.05) is 23.5 Å². The summed E-state index contributed by atoms with van der Waals surface area (Å²) in [6.07, 6.45) is 3.41. The van der Waals surface area contributed by atoms with Gasteiger partial charge >= 0.3 is 0 Å². The minimum absolute atomic E-state index is 0.00249. The van der Waals surface area contributed by atoms with E-state index in [0.717, 1.165) is 18.5 Å². The van der Waals surface area contributed by atoms with E-state index in [0.29, 0.717) is 5.69 Å². The fraction of sp³-hybridized carbons (Fsp3) is 0.278. The van der Waals surface area contributed by atoms with Crippen molar-refractivity contribution in [3.05, 3.63) is 63.7 Å². The van der Waals surface area contributed by atoms with Crippen LogP contribution in [-0.4, -0.2) is 16.9 Å². The molecule has 2 aromatic rings. The summed E-state index contributed by atoms with van der Waals surface area (Å²) in [5, 5.41) is 16.6. The topological polar surface area (TPSA) is 84.3 Å². The SMILES string of the molecule is C[C@H](Nc1ccc2c(c1)CCC2)C(=O)Nc1ccc([N+](=O)[O-])cc1. The van der Waals surface area contributed by atoms with Crippen LogP contribution >= 0.6 is 0 Å². The summed E-state index contributed by atoms with van der Waals surface area (Å²) >= 11 is 0. The number of hydrogen-bond donors (Lipinski definition) is 2. The molecule has 124 valence electrons. The summed E-state index contributed by atoms with van der Waals surface area (Å²) in [5.41, 5.74) is 4.21. The van der Waals surface area contributed by atoms with Crippen LogP contribution in [0.25, 0.3) is 0 Å². The maximum atomic E-state index is 12.3. The first kappa shape index (κ1) is 16.0. The number of anilines is 2. The molecule has 6 heteroatoms. The van der Waals surface area contributed by atoms with Crippen molar-refractivity contribution in [2.24, 2.45) is 0 Å². The molecule has 0 aromatic heterocycles. The maximum absolute atomic E-state index is 12.3. The summed E-state index contributed by atoms with van der Waals surface area (Å²) < 4.78 is 0. The molecule has 2 N–H and O–H groups in total. The van der Waals surface area contributed by atoms with Crippen LogP contribution in [0, 0.1) is 10.1 Å². The zero-order chi connectivity index (χ0) is 17.1. The Labute approximate surface area is 140 Å². The smallest absolute Gasteiger partial charge is 0.269 e. The Bertz CT molecular complexity index is 772. The Morgan fingerprint density at radius 2 is 1.75 bits per heavy atom. The van der Waals surface area contributed by atoms with E-state index in [4.69, 9.17) is 0 Å².